The van der Waals surface area contributed by atoms with E-state index < -0.39 is 10.0 Å². The Morgan fingerprint density at radius 1 is 1.12 bits per heavy atom. The summed E-state index contributed by atoms with van der Waals surface area (Å²) in [5.41, 5.74) is 1.62. The van der Waals surface area contributed by atoms with Gasteiger partial charge in [0.05, 0.1) is 11.3 Å². The number of hydrogen-bond acceptors (Lipinski definition) is 4. The predicted octanol–water partition coefficient (Wildman–Crippen LogP) is 2.01. The second-order valence-electron chi connectivity index (χ2n) is 6.67. The van der Waals surface area contributed by atoms with Crippen LogP contribution in [0.15, 0.2) is 4.42 Å². The van der Waals surface area contributed by atoms with Crippen LogP contribution in [-0.4, -0.2) is 44.0 Å². The summed E-state index contributed by atoms with van der Waals surface area (Å²) in [6.45, 7) is 3.14. The number of nitrogens with zero attached hydrogens (tertiary/aromatic N) is 1. The van der Waals surface area contributed by atoms with Gasteiger partial charge in [0.2, 0.25) is 10.0 Å². The number of aryl methyl sites for hydroxylation is 2. The van der Waals surface area contributed by atoms with E-state index in [-0.39, 0.29) is 18.2 Å². The Labute approximate surface area is 143 Å². The van der Waals surface area contributed by atoms with E-state index in [9.17, 15) is 13.2 Å². The number of sulfonamides is 1. The van der Waals surface area contributed by atoms with Crippen LogP contribution in [0.3, 0.4) is 0 Å². The second-order valence-corrected chi connectivity index (χ2v) is 8.76. The van der Waals surface area contributed by atoms with Gasteiger partial charge in [-0.05, 0) is 39.0 Å². The van der Waals surface area contributed by atoms with Gasteiger partial charge in [0.1, 0.15) is 11.5 Å². The Balaban J connectivity index is 1.59. The van der Waals surface area contributed by atoms with E-state index in [0.717, 1.165) is 56.3 Å². The first-order valence-corrected chi connectivity index (χ1v) is 10.5. The summed E-state index contributed by atoms with van der Waals surface area (Å²) in [4.78, 5) is 12.5. The van der Waals surface area contributed by atoms with Gasteiger partial charge in [-0.15, -0.1) is 0 Å². The predicted molar refractivity (Wildman–Crippen MR) is 91.6 cm³/mol. The number of hydrogen-bond donors (Lipinski definition) is 1. The molecule has 0 aromatic carbocycles. The van der Waals surface area contributed by atoms with Gasteiger partial charge >= 0.3 is 0 Å². The second kappa shape index (κ2) is 7.27. The molecule has 1 saturated heterocycles. The largest absolute Gasteiger partial charge is 0.465 e. The van der Waals surface area contributed by atoms with Crippen LogP contribution in [0.25, 0.3) is 0 Å². The van der Waals surface area contributed by atoms with Crippen molar-refractivity contribution < 1.29 is 17.6 Å². The highest BCUT2D eigenvalue weighted by atomic mass is 32.2. The number of fused-ring (bicyclic) bond motifs is 1. The average molecular weight is 354 g/mol. The summed E-state index contributed by atoms with van der Waals surface area (Å²) in [6.07, 6.45) is 6.84. The first-order valence-electron chi connectivity index (χ1n) is 8.86. The third kappa shape index (κ3) is 3.67. The quantitative estimate of drug-likeness (QED) is 0.877. The fourth-order valence-corrected chi connectivity index (χ4v) is 5.09. The number of rotatable bonds is 5. The molecule has 2 aliphatic rings. The molecule has 1 aliphatic carbocycles. The van der Waals surface area contributed by atoms with E-state index in [2.05, 4.69) is 5.32 Å². The maximum atomic E-state index is 12.5. The molecule has 1 aromatic heterocycles. The van der Waals surface area contributed by atoms with Gasteiger partial charge in [-0.2, -0.15) is 0 Å². The zero-order valence-electron chi connectivity index (χ0n) is 14.3. The molecule has 1 aliphatic heterocycles. The molecule has 1 fully saturated rings. The molecular weight excluding hydrogens is 328 g/mol. The highest BCUT2D eigenvalue weighted by Crippen LogP contribution is 2.29. The Morgan fingerprint density at radius 3 is 2.58 bits per heavy atom. The third-order valence-electron chi connectivity index (χ3n) is 4.93. The molecule has 2 heterocycles. The Morgan fingerprint density at radius 2 is 1.83 bits per heavy atom. The van der Waals surface area contributed by atoms with Crippen LogP contribution >= 0.6 is 0 Å². The molecule has 3 rings (SSSR count). The summed E-state index contributed by atoms with van der Waals surface area (Å²) in [5.74, 6) is 1.30. The smallest absolute Gasteiger partial charge is 0.255 e. The van der Waals surface area contributed by atoms with Crippen molar-refractivity contribution in [3.05, 3.63) is 22.6 Å². The lowest BCUT2D eigenvalue weighted by atomic mass is 9.94. The van der Waals surface area contributed by atoms with Gasteiger partial charge in [0.15, 0.2) is 0 Å². The topological polar surface area (TPSA) is 79.6 Å². The van der Waals surface area contributed by atoms with Crippen LogP contribution in [0.2, 0.25) is 0 Å². The number of carbonyl (C=O) groups is 1. The molecule has 0 radical (unpaired) electrons. The van der Waals surface area contributed by atoms with Crippen molar-refractivity contribution in [2.45, 2.75) is 51.9 Å². The van der Waals surface area contributed by atoms with E-state index in [1.165, 1.54) is 0 Å². The van der Waals surface area contributed by atoms with Crippen LogP contribution in [0.4, 0.5) is 0 Å². The molecule has 6 nitrogen and oxygen atoms in total. The molecule has 1 aromatic rings. The fourth-order valence-electron chi connectivity index (χ4n) is 3.65. The molecule has 134 valence electrons. The Hall–Kier alpha value is -1.34. The van der Waals surface area contributed by atoms with Crippen molar-refractivity contribution in [2.75, 3.05) is 25.4 Å². The minimum atomic E-state index is -3.28. The number of nitrogens with one attached hydrogen (secondary N) is 1. The van der Waals surface area contributed by atoms with Gasteiger partial charge in [-0.25, -0.2) is 12.7 Å². The number of carbonyl (C=O) groups excluding carboxylic acids is 1. The molecule has 0 atom stereocenters. The first kappa shape index (κ1) is 17.5. The molecule has 1 amide bonds. The molecule has 0 bridgehead atoms. The lowest BCUT2D eigenvalue weighted by Crippen LogP contribution is -2.40. The van der Waals surface area contributed by atoms with Gasteiger partial charge in [0, 0.05) is 31.6 Å². The minimum Gasteiger partial charge on any atom is -0.465 e. The van der Waals surface area contributed by atoms with E-state index in [0.29, 0.717) is 24.4 Å². The van der Waals surface area contributed by atoms with Gasteiger partial charge < -0.3 is 9.73 Å². The van der Waals surface area contributed by atoms with Crippen LogP contribution in [0.1, 0.15) is 59.5 Å². The summed E-state index contributed by atoms with van der Waals surface area (Å²) < 4.78 is 31.9. The van der Waals surface area contributed by atoms with E-state index in [4.69, 9.17) is 4.42 Å². The van der Waals surface area contributed by atoms with Crippen LogP contribution in [0, 0.1) is 6.92 Å². The average Bonchev–Trinajstić information content (AvgIpc) is 2.91. The Bertz CT molecular complexity index is 702. The van der Waals surface area contributed by atoms with Crippen molar-refractivity contribution in [1.82, 2.24) is 9.62 Å². The Kier molecular flexibility index (Phi) is 5.30. The van der Waals surface area contributed by atoms with E-state index >= 15 is 0 Å². The van der Waals surface area contributed by atoms with Crippen molar-refractivity contribution >= 4 is 15.9 Å². The van der Waals surface area contributed by atoms with Crippen molar-refractivity contribution in [3.8, 4) is 0 Å². The zero-order chi connectivity index (χ0) is 17.2. The molecule has 0 spiro atoms. The SMILES string of the molecule is Cc1oc2c(c1C(=O)NCCS(=O)(=O)N1CCCCC1)CCCC2. The van der Waals surface area contributed by atoms with Crippen LogP contribution < -0.4 is 5.32 Å². The maximum absolute atomic E-state index is 12.5. The van der Waals surface area contributed by atoms with E-state index in [1.807, 2.05) is 0 Å². The molecule has 0 saturated carbocycles. The lowest BCUT2D eigenvalue weighted by Gasteiger charge is -2.25. The highest BCUT2D eigenvalue weighted by molar-refractivity contribution is 7.89. The zero-order valence-corrected chi connectivity index (χ0v) is 15.1. The lowest BCUT2D eigenvalue weighted by molar-refractivity contribution is 0.0953. The van der Waals surface area contributed by atoms with Gasteiger partial charge in [0.25, 0.3) is 5.91 Å². The molecule has 0 unspecified atom stereocenters. The number of furan rings is 1. The van der Waals surface area contributed by atoms with Crippen LogP contribution in [0.5, 0.6) is 0 Å². The fraction of sp³-hybridized carbons (Fsp3) is 0.706. The van der Waals surface area contributed by atoms with Crippen molar-refractivity contribution in [3.63, 3.8) is 0 Å². The molecule has 7 heteroatoms. The summed E-state index contributed by atoms with van der Waals surface area (Å²) >= 11 is 0. The first-order chi connectivity index (χ1) is 11.5. The molecule has 24 heavy (non-hydrogen) atoms. The third-order valence-corrected chi connectivity index (χ3v) is 6.80. The number of amides is 1. The summed E-state index contributed by atoms with van der Waals surface area (Å²) in [5, 5.41) is 2.77. The minimum absolute atomic E-state index is 0.0438. The maximum Gasteiger partial charge on any atom is 0.255 e. The van der Waals surface area contributed by atoms with E-state index in [1.54, 1.807) is 11.2 Å². The summed E-state index contributed by atoms with van der Waals surface area (Å²) in [6, 6.07) is 0. The highest BCUT2D eigenvalue weighted by Gasteiger charge is 2.26. The van der Waals surface area contributed by atoms with Gasteiger partial charge in [-0.3, -0.25) is 4.79 Å². The standard InChI is InChI=1S/C17H26N2O4S/c1-13-16(14-7-3-4-8-15(14)23-13)17(20)18-9-12-24(21,22)19-10-5-2-6-11-19/h2-12H2,1H3,(H,18,20). The normalized spacial score (nSPS) is 19.0. The van der Waals surface area contributed by atoms with Crippen molar-refractivity contribution in [2.24, 2.45) is 0 Å². The molecular formula is C17H26N2O4S. The monoisotopic (exact) mass is 354 g/mol. The summed E-state index contributed by atoms with van der Waals surface area (Å²) in [7, 11) is -3.28. The molecule has 1 N–H and O–H groups in total. The van der Waals surface area contributed by atoms with Crippen molar-refractivity contribution in [1.29, 1.82) is 0 Å². The van der Waals surface area contributed by atoms with Gasteiger partial charge in [-0.1, -0.05) is 6.42 Å². The number of piperidine rings is 1. The van der Waals surface area contributed by atoms with Crippen LogP contribution in [-0.2, 0) is 22.9 Å².